The SMILES string of the molecule is C#CCCCn1cncc1-c1ccc(N)nc1. The van der Waals surface area contributed by atoms with Crippen molar-refractivity contribution in [3.63, 3.8) is 0 Å². The summed E-state index contributed by atoms with van der Waals surface area (Å²) in [6, 6.07) is 3.73. The van der Waals surface area contributed by atoms with E-state index in [0.717, 1.165) is 30.6 Å². The zero-order valence-electron chi connectivity index (χ0n) is 9.50. The van der Waals surface area contributed by atoms with Gasteiger partial charge in [0, 0.05) is 24.7 Å². The minimum absolute atomic E-state index is 0.521. The maximum atomic E-state index is 5.56. The van der Waals surface area contributed by atoms with Crippen molar-refractivity contribution in [2.45, 2.75) is 19.4 Å². The molecule has 0 aliphatic carbocycles. The highest BCUT2D eigenvalue weighted by Gasteiger charge is 2.04. The summed E-state index contributed by atoms with van der Waals surface area (Å²) in [4.78, 5) is 8.23. The molecule has 0 radical (unpaired) electrons. The fourth-order valence-corrected chi connectivity index (χ4v) is 1.65. The van der Waals surface area contributed by atoms with Gasteiger partial charge in [-0.2, -0.15) is 0 Å². The molecule has 0 saturated carbocycles. The normalized spacial score (nSPS) is 10.1. The van der Waals surface area contributed by atoms with E-state index in [1.807, 2.05) is 18.6 Å². The van der Waals surface area contributed by atoms with Gasteiger partial charge in [-0.25, -0.2) is 9.97 Å². The summed E-state index contributed by atoms with van der Waals surface area (Å²) in [7, 11) is 0. The Hall–Kier alpha value is -2.28. The molecule has 2 rings (SSSR count). The Bertz CT molecular complexity index is 519. The van der Waals surface area contributed by atoms with Crippen LogP contribution in [-0.2, 0) is 6.54 Å². The van der Waals surface area contributed by atoms with Crippen LogP contribution in [0.4, 0.5) is 5.82 Å². The number of terminal acetylenes is 1. The molecule has 0 atom stereocenters. The summed E-state index contributed by atoms with van der Waals surface area (Å²) in [5.74, 6) is 3.15. The van der Waals surface area contributed by atoms with Gasteiger partial charge in [0.25, 0.3) is 0 Å². The highest BCUT2D eigenvalue weighted by Crippen LogP contribution is 2.19. The number of rotatable bonds is 4. The van der Waals surface area contributed by atoms with Crippen LogP contribution in [0.3, 0.4) is 0 Å². The zero-order chi connectivity index (χ0) is 12.1. The molecule has 2 aromatic heterocycles. The monoisotopic (exact) mass is 226 g/mol. The number of pyridine rings is 1. The summed E-state index contributed by atoms with van der Waals surface area (Å²) in [5.41, 5.74) is 7.61. The predicted octanol–water partition coefficient (Wildman–Crippen LogP) is 1.94. The van der Waals surface area contributed by atoms with Crippen LogP contribution in [0, 0.1) is 12.3 Å². The van der Waals surface area contributed by atoms with Gasteiger partial charge < -0.3 is 10.3 Å². The quantitative estimate of drug-likeness (QED) is 0.640. The zero-order valence-corrected chi connectivity index (χ0v) is 9.50. The standard InChI is InChI=1S/C13H14N4/c1-2-3-4-7-17-10-15-9-12(17)11-5-6-13(14)16-8-11/h1,5-6,8-10H,3-4,7H2,(H2,14,16). The third-order valence-corrected chi connectivity index (χ3v) is 2.51. The highest BCUT2D eigenvalue weighted by atomic mass is 15.0. The molecule has 0 bridgehead atoms. The maximum Gasteiger partial charge on any atom is 0.123 e. The lowest BCUT2D eigenvalue weighted by Gasteiger charge is -2.06. The Morgan fingerprint density at radius 2 is 2.24 bits per heavy atom. The minimum Gasteiger partial charge on any atom is -0.384 e. The molecule has 86 valence electrons. The second-order valence-electron chi connectivity index (χ2n) is 3.75. The molecule has 0 saturated heterocycles. The molecular weight excluding hydrogens is 212 g/mol. The largest absolute Gasteiger partial charge is 0.384 e. The molecule has 0 aliphatic rings. The lowest BCUT2D eigenvalue weighted by molar-refractivity contribution is 0.660. The Morgan fingerprint density at radius 1 is 1.35 bits per heavy atom. The fourth-order valence-electron chi connectivity index (χ4n) is 1.65. The average Bonchev–Trinajstić information content (AvgIpc) is 2.79. The molecule has 2 N–H and O–H groups in total. The van der Waals surface area contributed by atoms with Crippen molar-refractivity contribution in [1.82, 2.24) is 14.5 Å². The van der Waals surface area contributed by atoms with Crippen LogP contribution in [0.15, 0.2) is 30.9 Å². The van der Waals surface area contributed by atoms with Crippen LogP contribution in [0.2, 0.25) is 0 Å². The van der Waals surface area contributed by atoms with Crippen molar-refractivity contribution in [3.8, 4) is 23.6 Å². The number of hydrogen-bond acceptors (Lipinski definition) is 3. The van der Waals surface area contributed by atoms with Gasteiger partial charge >= 0.3 is 0 Å². The Kier molecular flexibility index (Phi) is 3.41. The Balaban J connectivity index is 2.19. The van der Waals surface area contributed by atoms with Gasteiger partial charge in [-0.15, -0.1) is 12.3 Å². The van der Waals surface area contributed by atoms with E-state index < -0.39 is 0 Å². The first-order valence-corrected chi connectivity index (χ1v) is 5.47. The fraction of sp³-hybridized carbons (Fsp3) is 0.231. The second kappa shape index (κ2) is 5.17. The lowest BCUT2D eigenvalue weighted by atomic mass is 10.2. The van der Waals surface area contributed by atoms with E-state index in [-0.39, 0.29) is 0 Å². The van der Waals surface area contributed by atoms with Crippen LogP contribution in [-0.4, -0.2) is 14.5 Å². The van der Waals surface area contributed by atoms with Gasteiger partial charge in [-0.3, -0.25) is 0 Å². The topological polar surface area (TPSA) is 56.7 Å². The molecule has 2 aromatic rings. The number of unbranched alkanes of at least 4 members (excludes halogenated alkanes) is 1. The van der Waals surface area contributed by atoms with Crippen LogP contribution < -0.4 is 5.73 Å². The first-order chi connectivity index (χ1) is 8.31. The number of imidazole rings is 1. The average molecular weight is 226 g/mol. The van der Waals surface area contributed by atoms with E-state index in [2.05, 4.69) is 20.5 Å². The number of nitrogen functional groups attached to an aromatic ring is 1. The number of aromatic nitrogens is 3. The number of anilines is 1. The summed E-state index contributed by atoms with van der Waals surface area (Å²) < 4.78 is 2.07. The third-order valence-electron chi connectivity index (χ3n) is 2.51. The van der Waals surface area contributed by atoms with Crippen LogP contribution >= 0.6 is 0 Å². The van der Waals surface area contributed by atoms with Crippen LogP contribution in [0.25, 0.3) is 11.3 Å². The maximum absolute atomic E-state index is 5.56. The van der Waals surface area contributed by atoms with Gasteiger partial charge in [0.15, 0.2) is 0 Å². The summed E-state index contributed by atoms with van der Waals surface area (Å²) in [6.07, 6.45) is 12.3. The van der Waals surface area contributed by atoms with Gasteiger partial charge in [0.05, 0.1) is 18.2 Å². The van der Waals surface area contributed by atoms with E-state index in [0.29, 0.717) is 5.82 Å². The molecule has 2 heterocycles. The number of hydrogen-bond donors (Lipinski definition) is 1. The molecular formula is C13H14N4. The lowest BCUT2D eigenvalue weighted by Crippen LogP contribution is -1.99. The summed E-state index contributed by atoms with van der Waals surface area (Å²) in [5, 5.41) is 0. The van der Waals surface area contributed by atoms with Crippen molar-refractivity contribution in [2.24, 2.45) is 0 Å². The van der Waals surface area contributed by atoms with Gasteiger partial charge in [0.1, 0.15) is 5.82 Å². The van der Waals surface area contributed by atoms with Crippen LogP contribution in [0.5, 0.6) is 0 Å². The van der Waals surface area contributed by atoms with Crippen molar-refractivity contribution in [3.05, 3.63) is 30.9 Å². The summed E-state index contributed by atoms with van der Waals surface area (Å²) in [6.45, 7) is 0.865. The molecule has 4 nitrogen and oxygen atoms in total. The molecule has 0 fully saturated rings. The Morgan fingerprint density at radius 3 is 2.94 bits per heavy atom. The van der Waals surface area contributed by atoms with E-state index in [1.54, 1.807) is 12.3 Å². The van der Waals surface area contributed by atoms with Crippen molar-refractivity contribution in [2.75, 3.05) is 5.73 Å². The summed E-state index contributed by atoms with van der Waals surface area (Å²) >= 11 is 0. The van der Waals surface area contributed by atoms with E-state index in [4.69, 9.17) is 12.2 Å². The second-order valence-corrected chi connectivity index (χ2v) is 3.75. The predicted molar refractivity (Wildman–Crippen MR) is 67.9 cm³/mol. The van der Waals surface area contributed by atoms with Crippen LogP contribution in [0.1, 0.15) is 12.8 Å². The minimum atomic E-state index is 0.521. The molecule has 17 heavy (non-hydrogen) atoms. The third kappa shape index (κ3) is 2.64. The van der Waals surface area contributed by atoms with E-state index >= 15 is 0 Å². The van der Waals surface area contributed by atoms with Gasteiger partial charge in [-0.1, -0.05) is 0 Å². The smallest absolute Gasteiger partial charge is 0.123 e. The van der Waals surface area contributed by atoms with E-state index in [9.17, 15) is 0 Å². The molecule has 0 aromatic carbocycles. The highest BCUT2D eigenvalue weighted by molar-refractivity contribution is 5.59. The first kappa shape index (κ1) is 11.2. The first-order valence-electron chi connectivity index (χ1n) is 5.47. The van der Waals surface area contributed by atoms with Crippen molar-refractivity contribution < 1.29 is 0 Å². The Labute approximate surface area is 101 Å². The van der Waals surface area contributed by atoms with Crippen molar-refractivity contribution >= 4 is 5.82 Å². The molecule has 0 spiro atoms. The number of nitrogens with zero attached hydrogens (tertiary/aromatic N) is 3. The van der Waals surface area contributed by atoms with Gasteiger partial charge in [0.2, 0.25) is 0 Å². The molecule has 0 amide bonds. The molecule has 0 aliphatic heterocycles. The van der Waals surface area contributed by atoms with E-state index in [1.165, 1.54) is 0 Å². The number of nitrogens with two attached hydrogens (primary N) is 1. The molecule has 4 heteroatoms. The number of aryl methyl sites for hydroxylation is 1. The molecule has 0 unspecified atom stereocenters. The van der Waals surface area contributed by atoms with Crippen molar-refractivity contribution in [1.29, 1.82) is 0 Å². The van der Waals surface area contributed by atoms with Gasteiger partial charge in [-0.05, 0) is 18.6 Å².